The van der Waals surface area contributed by atoms with Crippen molar-refractivity contribution in [1.82, 2.24) is 19.7 Å². The highest BCUT2D eigenvalue weighted by Crippen LogP contribution is 2.43. The predicted octanol–water partition coefficient (Wildman–Crippen LogP) is 4.98. The van der Waals surface area contributed by atoms with E-state index in [1.54, 1.807) is 43.3 Å². The summed E-state index contributed by atoms with van der Waals surface area (Å²) in [6.45, 7) is 3.86. The zero-order chi connectivity index (χ0) is 28.6. The number of aromatic hydroxyl groups is 1. The Hall–Kier alpha value is -4.77. The molecule has 0 atom stereocenters. The fourth-order valence-corrected chi connectivity index (χ4v) is 6.06. The second-order valence-corrected chi connectivity index (χ2v) is 11.0. The molecule has 2 N–H and O–H groups in total. The molecule has 0 spiro atoms. The van der Waals surface area contributed by atoms with Crippen molar-refractivity contribution in [2.45, 2.75) is 23.6 Å². The largest absolute Gasteiger partial charge is 0.504 e. The number of H-pyrrole nitrogens is 1. The van der Waals surface area contributed by atoms with Crippen LogP contribution in [0.15, 0.2) is 93.7 Å². The summed E-state index contributed by atoms with van der Waals surface area (Å²) >= 11 is 0. The Morgan fingerprint density at radius 1 is 1.02 bits per heavy atom. The summed E-state index contributed by atoms with van der Waals surface area (Å²) in [6.07, 6.45) is 3.18. The van der Waals surface area contributed by atoms with Gasteiger partial charge in [0.2, 0.25) is 15.8 Å². The molecule has 0 unspecified atom stereocenters. The fourth-order valence-electron chi connectivity index (χ4n) is 4.68. The van der Waals surface area contributed by atoms with E-state index in [1.807, 2.05) is 37.3 Å². The van der Waals surface area contributed by atoms with Gasteiger partial charge in [0.15, 0.2) is 10.6 Å². The van der Waals surface area contributed by atoms with Crippen molar-refractivity contribution in [3.63, 3.8) is 0 Å². The molecule has 3 heterocycles. The Morgan fingerprint density at radius 3 is 2.33 bits per heavy atom. The second-order valence-electron chi connectivity index (χ2n) is 9.13. The van der Waals surface area contributed by atoms with Crippen LogP contribution in [-0.2, 0) is 16.9 Å². The molecule has 3 aromatic heterocycles. The lowest BCUT2D eigenvalue weighted by atomic mass is 10.1. The smallest absolute Gasteiger partial charge is 0.271 e. The molecule has 9 nitrogen and oxygen atoms in total. The second kappa shape index (κ2) is 10.4. The zero-order valence-corrected chi connectivity index (χ0v) is 22.8. The van der Waals surface area contributed by atoms with Crippen molar-refractivity contribution in [2.24, 2.45) is 7.05 Å². The van der Waals surface area contributed by atoms with Crippen LogP contribution < -0.4 is 10.5 Å². The number of aryl methyl sites for hydroxylation is 2. The first kappa shape index (κ1) is 26.8. The predicted molar refractivity (Wildman–Crippen MR) is 150 cm³/mol. The van der Waals surface area contributed by atoms with Crippen LogP contribution in [0.1, 0.15) is 12.6 Å². The number of sulfone groups is 1. The van der Waals surface area contributed by atoms with E-state index in [-0.39, 0.29) is 16.3 Å². The van der Waals surface area contributed by atoms with Crippen molar-refractivity contribution in [3.05, 3.63) is 101 Å². The number of anilines is 2. The van der Waals surface area contributed by atoms with E-state index in [0.29, 0.717) is 34.6 Å². The van der Waals surface area contributed by atoms with Crippen LogP contribution in [0.3, 0.4) is 0 Å². The Balaban J connectivity index is 1.68. The summed E-state index contributed by atoms with van der Waals surface area (Å²) in [5.41, 5.74) is 2.28. The monoisotopic (exact) mass is 559 g/mol. The van der Waals surface area contributed by atoms with Crippen molar-refractivity contribution in [1.29, 1.82) is 0 Å². The minimum atomic E-state index is -4.47. The maximum atomic E-state index is 13.8. The lowest BCUT2D eigenvalue weighted by Gasteiger charge is -2.27. The fraction of sp³-hybridized carbons (Fsp3) is 0.138. The molecule has 0 radical (unpaired) electrons. The summed E-state index contributed by atoms with van der Waals surface area (Å²) in [5.74, 6) is -1.28. The molecule has 40 heavy (non-hydrogen) atoms. The van der Waals surface area contributed by atoms with E-state index >= 15 is 0 Å². The van der Waals surface area contributed by atoms with Crippen molar-refractivity contribution in [2.75, 3.05) is 11.4 Å². The van der Waals surface area contributed by atoms with Gasteiger partial charge in [0.05, 0.1) is 16.8 Å². The highest BCUT2D eigenvalue weighted by Gasteiger charge is 2.32. The molecule has 0 saturated carbocycles. The molecule has 0 saturated heterocycles. The Kier molecular flexibility index (Phi) is 6.99. The Labute approximate surface area is 230 Å². The van der Waals surface area contributed by atoms with Crippen LogP contribution in [-0.4, -0.2) is 39.8 Å². The third kappa shape index (κ3) is 4.75. The third-order valence-electron chi connectivity index (χ3n) is 6.56. The summed E-state index contributed by atoms with van der Waals surface area (Å²) < 4.78 is 42.6. The quantitative estimate of drug-likeness (QED) is 0.270. The molecule has 0 fully saturated rings. The molecule has 0 aliphatic rings. The number of nitrogens with one attached hydrogen (secondary N) is 1. The summed E-state index contributed by atoms with van der Waals surface area (Å²) in [7, 11) is -2.76. The number of hydrogen-bond donors (Lipinski definition) is 2. The lowest BCUT2D eigenvalue weighted by molar-refractivity contribution is 0.456. The first-order chi connectivity index (χ1) is 19.1. The first-order valence-corrected chi connectivity index (χ1v) is 13.9. The van der Waals surface area contributed by atoms with E-state index in [1.165, 1.54) is 29.1 Å². The van der Waals surface area contributed by atoms with Crippen LogP contribution in [0.25, 0.3) is 22.4 Å². The Bertz CT molecular complexity index is 1870. The maximum absolute atomic E-state index is 13.8. The van der Waals surface area contributed by atoms with Crippen LogP contribution in [0, 0.1) is 12.9 Å². The van der Waals surface area contributed by atoms with Gasteiger partial charge >= 0.3 is 0 Å². The highest BCUT2D eigenvalue weighted by molar-refractivity contribution is 7.91. The van der Waals surface area contributed by atoms with E-state index < -0.39 is 32.0 Å². The number of benzene rings is 2. The highest BCUT2D eigenvalue weighted by atomic mass is 32.2. The summed E-state index contributed by atoms with van der Waals surface area (Å²) in [6, 6.07) is 17.7. The van der Waals surface area contributed by atoms with Crippen LogP contribution in [0.4, 0.5) is 15.8 Å². The standard InChI is InChI=1S/C29H26FN5O4S/c1-4-35(21-8-6-5-7-9-21)26-25(20-16-31-34(3)17-20)33-29(37)28(27(26)36)40(38,39)22-12-10-19(11-13-22)23-14-15-24(30)32-18(23)2/h5-17H,4H2,1-3H3,(H2,33,36,37). The van der Waals surface area contributed by atoms with Gasteiger partial charge in [0.1, 0.15) is 5.69 Å². The molecule has 0 aliphatic heterocycles. The van der Waals surface area contributed by atoms with Gasteiger partial charge in [0.25, 0.3) is 5.56 Å². The molecule has 11 heteroatoms. The molecule has 0 aliphatic carbocycles. The number of aromatic amines is 1. The van der Waals surface area contributed by atoms with Gasteiger partial charge in [-0.3, -0.25) is 9.48 Å². The normalized spacial score (nSPS) is 11.5. The number of pyridine rings is 2. The van der Waals surface area contributed by atoms with E-state index in [2.05, 4.69) is 15.1 Å². The van der Waals surface area contributed by atoms with E-state index in [9.17, 15) is 22.7 Å². The molecule has 0 bridgehead atoms. The number of hydrogen-bond acceptors (Lipinski definition) is 7. The van der Waals surface area contributed by atoms with Gasteiger partial charge in [-0.1, -0.05) is 30.3 Å². The molecular weight excluding hydrogens is 533 g/mol. The maximum Gasteiger partial charge on any atom is 0.271 e. The van der Waals surface area contributed by atoms with Gasteiger partial charge in [-0.05, 0) is 55.8 Å². The third-order valence-corrected chi connectivity index (χ3v) is 8.37. The van der Waals surface area contributed by atoms with Gasteiger partial charge in [-0.15, -0.1) is 0 Å². The molecule has 204 valence electrons. The topological polar surface area (TPSA) is 121 Å². The Morgan fingerprint density at radius 2 is 1.73 bits per heavy atom. The average Bonchev–Trinajstić information content (AvgIpc) is 3.37. The summed E-state index contributed by atoms with van der Waals surface area (Å²) in [4.78, 5) is 20.6. The van der Waals surface area contributed by atoms with Crippen LogP contribution >= 0.6 is 0 Å². The number of halogens is 1. The van der Waals surface area contributed by atoms with Gasteiger partial charge in [-0.25, -0.2) is 13.4 Å². The van der Waals surface area contributed by atoms with Crippen LogP contribution in [0.5, 0.6) is 5.75 Å². The number of para-hydroxylation sites is 1. The first-order valence-electron chi connectivity index (χ1n) is 12.4. The summed E-state index contributed by atoms with van der Waals surface area (Å²) in [5, 5.41) is 15.7. The number of nitrogens with zero attached hydrogens (tertiary/aromatic N) is 4. The van der Waals surface area contributed by atoms with Crippen molar-refractivity contribution < 1.29 is 17.9 Å². The molecular formula is C29H26FN5O4S. The number of rotatable bonds is 7. The molecule has 0 amide bonds. The van der Waals surface area contributed by atoms with Gasteiger partial charge in [-0.2, -0.15) is 9.49 Å². The average molecular weight is 560 g/mol. The molecule has 5 aromatic rings. The molecule has 5 rings (SSSR count). The number of aromatic nitrogens is 4. The minimum absolute atomic E-state index is 0.129. The van der Waals surface area contributed by atoms with E-state index in [0.717, 1.165) is 0 Å². The van der Waals surface area contributed by atoms with Crippen molar-refractivity contribution in [3.8, 4) is 28.1 Å². The van der Waals surface area contributed by atoms with Crippen LogP contribution in [0.2, 0.25) is 0 Å². The molecule has 2 aromatic carbocycles. The minimum Gasteiger partial charge on any atom is -0.504 e. The zero-order valence-electron chi connectivity index (χ0n) is 22.0. The van der Waals surface area contributed by atoms with Gasteiger partial charge in [0, 0.05) is 42.3 Å². The SMILES string of the molecule is CCN(c1ccccc1)c1c(-c2cnn(C)c2)[nH]c(=O)c(S(=O)(=O)c2ccc(-c3ccc(F)nc3C)cc2)c1O. The van der Waals surface area contributed by atoms with Crippen molar-refractivity contribution >= 4 is 21.2 Å². The van der Waals surface area contributed by atoms with E-state index in [4.69, 9.17) is 0 Å². The van der Waals surface area contributed by atoms with Gasteiger partial charge < -0.3 is 15.0 Å². The lowest BCUT2D eigenvalue weighted by Crippen LogP contribution is -2.24.